The second-order valence-electron chi connectivity index (χ2n) is 3.23. The molecule has 1 aliphatic heterocycles. The highest BCUT2D eigenvalue weighted by molar-refractivity contribution is 6.03. The van der Waals surface area contributed by atoms with Gasteiger partial charge in [-0.25, -0.2) is 0 Å². The van der Waals surface area contributed by atoms with Crippen molar-refractivity contribution < 1.29 is 0 Å². The Morgan fingerprint density at radius 3 is 3.17 bits per heavy atom. The number of allylic oxidation sites excluding steroid dienone is 5. The second kappa shape index (κ2) is 3.10. The van der Waals surface area contributed by atoms with Crippen LogP contribution in [0.2, 0.25) is 0 Å². The highest BCUT2D eigenvalue weighted by atomic mass is 14.7. The number of rotatable bonds is 2. The van der Waals surface area contributed by atoms with E-state index >= 15 is 0 Å². The maximum Gasteiger partial charge on any atom is 0.0513 e. The molecule has 2 aliphatic rings. The lowest BCUT2D eigenvalue weighted by Gasteiger charge is -2.12. The normalized spacial score (nSPS) is 25.2. The highest BCUT2D eigenvalue weighted by Gasteiger charge is 2.20. The van der Waals surface area contributed by atoms with Crippen molar-refractivity contribution in [1.29, 1.82) is 0 Å². The zero-order valence-electron chi connectivity index (χ0n) is 7.33. The van der Waals surface area contributed by atoms with Crippen LogP contribution in [-0.4, -0.2) is 5.71 Å². The van der Waals surface area contributed by atoms with Crippen LogP contribution in [0.15, 0.2) is 41.1 Å². The third-order valence-electron chi connectivity index (χ3n) is 2.32. The predicted molar refractivity (Wildman–Crippen MR) is 52.2 cm³/mol. The van der Waals surface area contributed by atoms with Crippen LogP contribution < -0.4 is 0 Å². The minimum atomic E-state index is 0.495. The molecular formula is C11H13N. The molecule has 0 radical (unpaired) electrons. The molecule has 0 spiro atoms. The lowest BCUT2D eigenvalue weighted by atomic mass is 9.90. The first-order valence-electron chi connectivity index (χ1n) is 4.53. The molecule has 0 saturated heterocycles. The Kier molecular flexibility index (Phi) is 1.94. The molecule has 0 bridgehead atoms. The van der Waals surface area contributed by atoms with Crippen molar-refractivity contribution in [3.05, 3.63) is 36.1 Å². The minimum absolute atomic E-state index is 0.495. The summed E-state index contributed by atoms with van der Waals surface area (Å²) in [4.78, 5) is 4.37. The van der Waals surface area contributed by atoms with Gasteiger partial charge in [0.05, 0.1) is 5.71 Å². The van der Waals surface area contributed by atoms with Gasteiger partial charge in [0.1, 0.15) is 0 Å². The molecule has 1 heteroatoms. The van der Waals surface area contributed by atoms with Crippen LogP contribution in [0, 0.1) is 5.92 Å². The molecule has 0 aromatic carbocycles. The molecule has 1 atom stereocenters. The third kappa shape index (κ3) is 1.15. The molecule has 2 rings (SSSR count). The average molecular weight is 159 g/mol. The molecule has 0 N–H and O–H groups in total. The first-order chi connectivity index (χ1) is 5.92. The van der Waals surface area contributed by atoms with Crippen LogP contribution in [0.1, 0.15) is 19.8 Å². The highest BCUT2D eigenvalue weighted by Crippen LogP contribution is 2.27. The standard InChI is InChI=1S/C11H13N/c1-2-5-9-8-12-11-7-4-3-6-10(9)11/h3-4,6-8,10H,2,5H2,1H3. The first kappa shape index (κ1) is 7.53. The van der Waals surface area contributed by atoms with E-state index in [4.69, 9.17) is 0 Å². The van der Waals surface area contributed by atoms with Gasteiger partial charge in [0.2, 0.25) is 0 Å². The molecule has 12 heavy (non-hydrogen) atoms. The van der Waals surface area contributed by atoms with Gasteiger partial charge in [-0.3, -0.25) is 4.99 Å². The Bertz CT molecular complexity index is 292. The quantitative estimate of drug-likeness (QED) is 0.587. The van der Waals surface area contributed by atoms with E-state index < -0.39 is 0 Å². The Hall–Kier alpha value is -1.11. The van der Waals surface area contributed by atoms with Crippen molar-refractivity contribution in [3.8, 4) is 0 Å². The molecule has 1 heterocycles. The maximum atomic E-state index is 4.37. The van der Waals surface area contributed by atoms with Crippen molar-refractivity contribution >= 4 is 5.71 Å². The van der Waals surface area contributed by atoms with E-state index in [1.165, 1.54) is 24.1 Å². The number of fused-ring (bicyclic) bond motifs is 1. The number of nitrogens with zero attached hydrogens (tertiary/aromatic N) is 1. The van der Waals surface area contributed by atoms with E-state index in [-0.39, 0.29) is 0 Å². The van der Waals surface area contributed by atoms with Crippen LogP contribution >= 0.6 is 0 Å². The zero-order chi connectivity index (χ0) is 8.39. The summed E-state index contributed by atoms with van der Waals surface area (Å²) in [6, 6.07) is 0. The summed E-state index contributed by atoms with van der Waals surface area (Å²) in [6.45, 7) is 2.21. The fourth-order valence-electron chi connectivity index (χ4n) is 1.72. The Labute approximate surface area is 73.2 Å². The summed E-state index contributed by atoms with van der Waals surface area (Å²) >= 11 is 0. The lowest BCUT2D eigenvalue weighted by Crippen LogP contribution is -2.10. The van der Waals surface area contributed by atoms with Crippen molar-refractivity contribution in [2.75, 3.05) is 0 Å². The Morgan fingerprint density at radius 1 is 1.42 bits per heavy atom. The smallest absolute Gasteiger partial charge is 0.0513 e. The molecule has 0 aromatic rings. The number of aliphatic imine (C=N–C) groups is 1. The van der Waals surface area contributed by atoms with Gasteiger partial charge in [-0.1, -0.05) is 31.6 Å². The number of hydrogen-bond acceptors (Lipinski definition) is 1. The van der Waals surface area contributed by atoms with Gasteiger partial charge in [-0.2, -0.15) is 0 Å². The summed E-state index contributed by atoms with van der Waals surface area (Å²) in [5.74, 6) is 0.495. The molecule has 0 amide bonds. The lowest BCUT2D eigenvalue weighted by molar-refractivity contribution is 0.841. The van der Waals surface area contributed by atoms with E-state index in [0.717, 1.165) is 0 Å². The molecular weight excluding hydrogens is 146 g/mol. The van der Waals surface area contributed by atoms with Crippen molar-refractivity contribution in [2.24, 2.45) is 10.9 Å². The first-order valence-corrected chi connectivity index (χ1v) is 4.53. The largest absolute Gasteiger partial charge is 0.260 e. The van der Waals surface area contributed by atoms with E-state index in [1.807, 2.05) is 6.20 Å². The Balaban J connectivity index is 2.16. The molecule has 1 nitrogen and oxygen atoms in total. The van der Waals surface area contributed by atoms with Gasteiger partial charge in [0.25, 0.3) is 0 Å². The average Bonchev–Trinajstić information content (AvgIpc) is 2.50. The third-order valence-corrected chi connectivity index (χ3v) is 2.32. The van der Waals surface area contributed by atoms with Crippen molar-refractivity contribution in [3.63, 3.8) is 0 Å². The fourth-order valence-corrected chi connectivity index (χ4v) is 1.72. The topological polar surface area (TPSA) is 12.4 Å². The SMILES string of the molecule is CCCC1=CN=C2C=CC=CC12. The van der Waals surface area contributed by atoms with E-state index in [1.54, 1.807) is 0 Å². The van der Waals surface area contributed by atoms with E-state index in [2.05, 4.69) is 36.2 Å². The van der Waals surface area contributed by atoms with E-state index in [9.17, 15) is 0 Å². The van der Waals surface area contributed by atoms with Crippen molar-refractivity contribution in [1.82, 2.24) is 0 Å². The fraction of sp³-hybridized carbons (Fsp3) is 0.364. The summed E-state index contributed by atoms with van der Waals surface area (Å²) in [5.41, 5.74) is 2.68. The summed E-state index contributed by atoms with van der Waals surface area (Å²) in [7, 11) is 0. The van der Waals surface area contributed by atoms with Gasteiger partial charge in [-0.15, -0.1) is 0 Å². The minimum Gasteiger partial charge on any atom is -0.260 e. The van der Waals surface area contributed by atoms with Gasteiger partial charge in [0, 0.05) is 12.1 Å². The summed E-state index contributed by atoms with van der Waals surface area (Å²) < 4.78 is 0. The van der Waals surface area contributed by atoms with Crippen LogP contribution in [0.5, 0.6) is 0 Å². The molecule has 0 aromatic heterocycles. The molecule has 0 saturated carbocycles. The van der Waals surface area contributed by atoms with Crippen LogP contribution in [0.25, 0.3) is 0 Å². The van der Waals surface area contributed by atoms with Gasteiger partial charge < -0.3 is 0 Å². The molecule has 0 fully saturated rings. The Morgan fingerprint density at radius 2 is 2.33 bits per heavy atom. The van der Waals surface area contributed by atoms with Crippen molar-refractivity contribution in [2.45, 2.75) is 19.8 Å². The molecule has 62 valence electrons. The van der Waals surface area contributed by atoms with Crippen LogP contribution in [-0.2, 0) is 0 Å². The van der Waals surface area contributed by atoms with Gasteiger partial charge >= 0.3 is 0 Å². The molecule has 1 unspecified atom stereocenters. The monoisotopic (exact) mass is 159 g/mol. The predicted octanol–water partition coefficient (Wildman–Crippen LogP) is 2.87. The maximum absolute atomic E-state index is 4.37. The van der Waals surface area contributed by atoms with Gasteiger partial charge in [-0.05, 0) is 18.1 Å². The molecule has 1 aliphatic carbocycles. The second-order valence-corrected chi connectivity index (χ2v) is 3.23. The van der Waals surface area contributed by atoms with Gasteiger partial charge in [0.15, 0.2) is 0 Å². The zero-order valence-corrected chi connectivity index (χ0v) is 7.33. The summed E-state index contributed by atoms with van der Waals surface area (Å²) in [5, 5.41) is 0. The van der Waals surface area contributed by atoms with Crippen LogP contribution in [0.3, 0.4) is 0 Å². The number of hydrogen-bond donors (Lipinski definition) is 0. The summed E-state index contributed by atoms with van der Waals surface area (Å²) in [6.07, 6.45) is 12.9. The van der Waals surface area contributed by atoms with E-state index in [0.29, 0.717) is 5.92 Å². The van der Waals surface area contributed by atoms with Crippen LogP contribution in [0.4, 0.5) is 0 Å².